The van der Waals surface area contributed by atoms with Gasteiger partial charge in [-0.2, -0.15) is 4.37 Å². The van der Waals surface area contributed by atoms with Crippen LogP contribution < -0.4 is 15.0 Å². The van der Waals surface area contributed by atoms with E-state index in [0.717, 1.165) is 37.2 Å². The van der Waals surface area contributed by atoms with Crippen LogP contribution in [-0.2, 0) is 4.79 Å². The van der Waals surface area contributed by atoms with Crippen molar-refractivity contribution in [2.24, 2.45) is 0 Å². The standard InChI is InChI=1S/C19H21Cl2N3O3S/c1-2-27-14-10-6-5-9-13(14)24(11-15(25)22-12-7-3-4-8-12)19(26)17-16(20)18(21)28-23-17/h5-6,9-10,12H,2-4,7-8,11H2,1H3,(H,22,25). The summed E-state index contributed by atoms with van der Waals surface area (Å²) in [5, 5.41) is 3.10. The fourth-order valence-electron chi connectivity index (χ4n) is 3.23. The van der Waals surface area contributed by atoms with Gasteiger partial charge in [0.2, 0.25) is 5.91 Å². The Kier molecular flexibility index (Phi) is 7.15. The molecule has 1 heterocycles. The van der Waals surface area contributed by atoms with Gasteiger partial charge in [-0.15, -0.1) is 0 Å². The minimum Gasteiger partial charge on any atom is -0.492 e. The van der Waals surface area contributed by atoms with Gasteiger partial charge in [0.15, 0.2) is 5.69 Å². The molecule has 0 unspecified atom stereocenters. The van der Waals surface area contributed by atoms with Gasteiger partial charge in [0.05, 0.1) is 12.3 Å². The van der Waals surface area contributed by atoms with Gasteiger partial charge in [-0.1, -0.05) is 48.2 Å². The largest absolute Gasteiger partial charge is 0.492 e. The van der Waals surface area contributed by atoms with E-state index in [2.05, 4.69) is 9.69 Å². The molecule has 1 aromatic carbocycles. The molecule has 2 aromatic rings. The number of nitrogens with one attached hydrogen (secondary N) is 1. The van der Waals surface area contributed by atoms with E-state index in [1.165, 1.54) is 4.90 Å². The van der Waals surface area contributed by atoms with Crippen LogP contribution >= 0.6 is 34.7 Å². The van der Waals surface area contributed by atoms with Crippen molar-refractivity contribution in [1.29, 1.82) is 0 Å². The van der Waals surface area contributed by atoms with Gasteiger partial charge in [-0.05, 0) is 43.4 Å². The summed E-state index contributed by atoms with van der Waals surface area (Å²) in [6.45, 7) is 2.12. The van der Waals surface area contributed by atoms with Crippen LogP contribution in [0.25, 0.3) is 0 Å². The number of halogens is 2. The summed E-state index contributed by atoms with van der Waals surface area (Å²) < 4.78 is 9.95. The number of benzene rings is 1. The minimum absolute atomic E-state index is 0.0247. The van der Waals surface area contributed by atoms with Gasteiger partial charge in [0, 0.05) is 6.04 Å². The van der Waals surface area contributed by atoms with Crippen molar-refractivity contribution in [3.63, 3.8) is 0 Å². The third-order valence-electron chi connectivity index (χ3n) is 4.52. The van der Waals surface area contributed by atoms with Crippen LogP contribution in [0.15, 0.2) is 24.3 Å². The second kappa shape index (κ2) is 9.58. The highest BCUT2D eigenvalue weighted by Gasteiger charge is 2.29. The van der Waals surface area contributed by atoms with Gasteiger partial charge in [-0.25, -0.2) is 0 Å². The number of aromatic nitrogens is 1. The summed E-state index contributed by atoms with van der Waals surface area (Å²) in [5.41, 5.74) is 0.507. The quantitative estimate of drug-likeness (QED) is 0.683. The number of hydrogen-bond donors (Lipinski definition) is 1. The number of carbonyl (C=O) groups is 2. The monoisotopic (exact) mass is 441 g/mol. The number of rotatable bonds is 7. The first kappa shape index (κ1) is 20.9. The zero-order valence-electron chi connectivity index (χ0n) is 15.4. The lowest BCUT2D eigenvalue weighted by Crippen LogP contribution is -2.44. The molecule has 0 radical (unpaired) electrons. The fraction of sp³-hybridized carbons (Fsp3) is 0.421. The number of ether oxygens (including phenoxy) is 1. The Balaban J connectivity index is 1.90. The lowest BCUT2D eigenvalue weighted by atomic mass is 10.2. The maximum atomic E-state index is 13.2. The Morgan fingerprint density at radius 1 is 1.29 bits per heavy atom. The minimum atomic E-state index is -0.498. The molecule has 28 heavy (non-hydrogen) atoms. The Hall–Kier alpha value is -1.83. The summed E-state index contributed by atoms with van der Waals surface area (Å²) >= 11 is 13.1. The first-order chi connectivity index (χ1) is 13.5. The number of carbonyl (C=O) groups excluding carboxylic acids is 2. The first-order valence-electron chi connectivity index (χ1n) is 9.15. The van der Waals surface area contributed by atoms with E-state index in [4.69, 9.17) is 27.9 Å². The van der Waals surface area contributed by atoms with Crippen LogP contribution in [-0.4, -0.2) is 35.4 Å². The molecule has 6 nitrogen and oxygen atoms in total. The molecule has 1 aliphatic rings. The molecule has 1 aliphatic carbocycles. The summed E-state index contributed by atoms with van der Waals surface area (Å²) in [6.07, 6.45) is 4.13. The highest BCUT2D eigenvalue weighted by atomic mass is 35.5. The molecule has 1 N–H and O–H groups in total. The molecule has 0 saturated heterocycles. The molecule has 0 aliphatic heterocycles. The number of para-hydroxylation sites is 2. The zero-order valence-corrected chi connectivity index (χ0v) is 17.7. The van der Waals surface area contributed by atoms with Gasteiger partial charge < -0.3 is 10.1 Å². The third kappa shape index (κ3) is 4.77. The first-order valence-corrected chi connectivity index (χ1v) is 10.7. The predicted octanol–water partition coefficient (Wildman–Crippen LogP) is 4.55. The van der Waals surface area contributed by atoms with Gasteiger partial charge in [0.25, 0.3) is 5.91 Å². The predicted molar refractivity (Wildman–Crippen MR) is 112 cm³/mol. The summed E-state index contributed by atoms with van der Waals surface area (Å²) in [4.78, 5) is 27.2. The molecular formula is C19H21Cl2N3O3S. The highest BCUT2D eigenvalue weighted by Crippen LogP contribution is 2.34. The summed E-state index contributed by atoms with van der Waals surface area (Å²) in [6, 6.07) is 7.23. The topological polar surface area (TPSA) is 71.5 Å². The van der Waals surface area contributed by atoms with Crippen molar-refractivity contribution in [2.75, 3.05) is 18.1 Å². The van der Waals surface area contributed by atoms with Crippen LogP contribution in [0.1, 0.15) is 43.1 Å². The maximum absolute atomic E-state index is 13.2. The van der Waals surface area contributed by atoms with E-state index in [1.807, 2.05) is 13.0 Å². The Morgan fingerprint density at radius 3 is 2.64 bits per heavy atom. The van der Waals surface area contributed by atoms with Crippen molar-refractivity contribution in [3.05, 3.63) is 39.3 Å². The normalized spacial score (nSPS) is 14.1. The third-order valence-corrected chi connectivity index (χ3v) is 6.13. The smallest absolute Gasteiger partial charge is 0.280 e. The molecule has 150 valence electrons. The SMILES string of the molecule is CCOc1ccccc1N(CC(=O)NC1CCCC1)C(=O)c1nsc(Cl)c1Cl. The second-order valence-electron chi connectivity index (χ2n) is 6.46. The van der Waals surface area contributed by atoms with Crippen molar-refractivity contribution in [3.8, 4) is 5.75 Å². The summed E-state index contributed by atoms with van der Waals surface area (Å²) in [7, 11) is 0. The Bertz CT molecular complexity index is 853. The average molecular weight is 442 g/mol. The van der Waals surface area contributed by atoms with Crippen LogP contribution in [0.2, 0.25) is 9.36 Å². The van der Waals surface area contributed by atoms with Crippen LogP contribution in [0.4, 0.5) is 5.69 Å². The van der Waals surface area contributed by atoms with Crippen LogP contribution in [0.3, 0.4) is 0 Å². The number of anilines is 1. The van der Waals surface area contributed by atoms with E-state index < -0.39 is 5.91 Å². The lowest BCUT2D eigenvalue weighted by molar-refractivity contribution is -0.120. The van der Waals surface area contributed by atoms with Crippen LogP contribution in [0, 0.1) is 0 Å². The van der Waals surface area contributed by atoms with E-state index >= 15 is 0 Å². The fourth-order valence-corrected chi connectivity index (χ4v) is 4.22. The van der Waals surface area contributed by atoms with Crippen molar-refractivity contribution in [1.82, 2.24) is 9.69 Å². The van der Waals surface area contributed by atoms with Crippen LogP contribution in [0.5, 0.6) is 5.75 Å². The molecule has 1 fully saturated rings. The molecule has 0 bridgehead atoms. The highest BCUT2D eigenvalue weighted by molar-refractivity contribution is 7.11. The summed E-state index contributed by atoms with van der Waals surface area (Å²) in [5.74, 6) is -0.227. The van der Waals surface area contributed by atoms with Gasteiger partial charge in [0.1, 0.15) is 21.7 Å². The molecule has 9 heteroatoms. The second-order valence-corrected chi connectivity index (χ2v) is 8.21. The van der Waals surface area contributed by atoms with Gasteiger partial charge in [-0.3, -0.25) is 14.5 Å². The zero-order chi connectivity index (χ0) is 20.1. The number of nitrogens with zero attached hydrogens (tertiary/aromatic N) is 2. The van der Waals surface area contributed by atoms with Crippen molar-refractivity contribution in [2.45, 2.75) is 38.6 Å². The Labute approximate surface area is 177 Å². The molecule has 2 amide bonds. The molecule has 0 spiro atoms. The Morgan fingerprint density at radius 2 is 2.00 bits per heavy atom. The van der Waals surface area contributed by atoms with Crippen molar-refractivity contribution >= 4 is 52.2 Å². The number of amides is 2. The van der Waals surface area contributed by atoms with Gasteiger partial charge >= 0.3 is 0 Å². The number of hydrogen-bond acceptors (Lipinski definition) is 5. The molecule has 3 rings (SSSR count). The average Bonchev–Trinajstić information content (AvgIpc) is 3.30. The van der Waals surface area contributed by atoms with E-state index in [1.54, 1.807) is 18.2 Å². The lowest BCUT2D eigenvalue weighted by Gasteiger charge is -2.24. The van der Waals surface area contributed by atoms with E-state index in [0.29, 0.717) is 18.0 Å². The van der Waals surface area contributed by atoms with Crippen molar-refractivity contribution < 1.29 is 14.3 Å². The maximum Gasteiger partial charge on any atom is 0.280 e. The molecule has 0 atom stereocenters. The van der Waals surface area contributed by atoms with E-state index in [-0.39, 0.29) is 33.5 Å². The molecular weight excluding hydrogens is 421 g/mol. The van der Waals surface area contributed by atoms with E-state index in [9.17, 15) is 9.59 Å². The molecule has 1 aromatic heterocycles. The molecule has 1 saturated carbocycles.